The van der Waals surface area contributed by atoms with Crippen molar-refractivity contribution in [3.05, 3.63) is 0 Å². The van der Waals surface area contributed by atoms with Crippen LogP contribution in [0.5, 0.6) is 0 Å². The topological polar surface area (TPSA) is 237 Å². The Morgan fingerprint density at radius 1 is 0.255 bits per heavy atom. The molecule has 0 aromatic heterocycles. The number of phosphoric acid groups is 2. The Morgan fingerprint density at radius 3 is 0.633 bits per heavy atom. The van der Waals surface area contributed by atoms with Crippen LogP contribution in [-0.2, 0) is 65.4 Å². The second kappa shape index (κ2) is 68.2. The van der Waals surface area contributed by atoms with Crippen molar-refractivity contribution in [2.24, 2.45) is 23.7 Å². The summed E-state index contributed by atoms with van der Waals surface area (Å²) >= 11 is 0. The molecule has 17 nitrogen and oxygen atoms in total. The highest BCUT2D eigenvalue weighted by Crippen LogP contribution is 2.45. The van der Waals surface area contributed by atoms with Gasteiger partial charge in [-0.25, -0.2) is 9.13 Å². The second-order valence-corrected chi connectivity index (χ2v) is 33.3. The van der Waals surface area contributed by atoms with Crippen LogP contribution in [-0.4, -0.2) is 96.7 Å². The molecule has 0 saturated heterocycles. The van der Waals surface area contributed by atoms with Crippen LogP contribution >= 0.6 is 15.6 Å². The summed E-state index contributed by atoms with van der Waals surface area (Å²) < 4.78 is 68.6. The van der Waals surface area contributed by atoms with E-state index in [0.29, 0.717) is 37.5 Å². The molecule has 0 heterocycles. The van der Waals surface area contributed by atoms with Crippen molar-refractivity contribution in [2.75, 3.05) is 39.6 Å². The van der Waals surface area contributed by atoms with E-state index in [0.717, 1.165) is 115 Å². The van der Waals surface area contributed by atoms with Gasteiger partial charge in [-0.3, -0.25) is 37.3 Å². The van der Waals surface area contributed by atoms with Gasteiger partial charge in [0.05, 0.1) is 26.4 Å². The molecule has 0 spiro atoms. The predicted molar refractivity (Wildman–Crippen MR) is 400 cm³/mol. The van der Waals surface area contributed by atoms with E-state index < -0.39 is 97.5 Å². The molecule has 0 rings (SSSR count). The van der Waals surface area contributed by atoms with E-state index in [1.54, 1.807) is 0 Å². The van der Waals surface area contributed by atoms with E-state index >= 15 is 0 Å². The highest BCUT2D eigenvalue weighted by Gasteiger charge is 2.30. The van der Waals surface area contributed by atoms with Crippen molar-refractivity contribution >= 4 is 39.5 Å². The van der Waals surface area contributed by atoms with Crippen molar-refractivity contribution in [1.29, 1.82) is 0 Å². The monoisotopic (exact) mass is 1440 g/mol. The first-order valence-electron chi connectivity index (χ1n) is 40.7. The average molecular weight is 1440 g/mol. The van der Waals surface area contributed by atoms with Crippen LogP contribution in [0.25, 0.3) is 0 Å². The molecule has 3 unspecified atom stereocenters. The Bertz CT molecular complexity index is 1920. The molecular weight excluding hydrogens is 1280 g/mol. The third kappa shape index (κ3) is 72.4. The van der Waals surface area contributed by atoms with Gasteiger partial charge >= 0.3 is 39.5 Å². The smallest absolute Gasteiger partial charge is 0.462 e. The lowest BCUT2D eigenvalue weighted by molar-refractivity contribution is -0.161. The Balaban J connectivity index is 5.17. The lowest BCUT2D eigenvalue weighted by Crippen LogP contribution is -2.30. The van der Waals surface area contributed by atoms with Crippen LogP contribution in [0.1, 0.15) is 402 Å². The van der Waals surface area contributed by atoms with Gasteiger partial charge < -0.3 is 33.8 Å². The number of ether oxygens (including phenoxy) is 4. The van der Waals surface area contributed by atoms with Crippen molar-refractivity contribution in [2.45, 2.75) is 420 Å². The van der Waals surface area contributed by atoms with Gasteiger partial charge in [0.25, 0.3) is 0 Å². The fourth-order valence-electron chi connectivity index (χ4n) is 12.1. The molecule has 0 aliphatic carbocycles. The molecule has 0 saturated carbocycles. The molecule has 3 N–H and O–H groups in total. The van der Waals surface area contributed by atoms with E-state index in [4.69, 9.17) is 37.0 Å². The molecular formula is C79H154O17P2. The number of phosphoric ester groups is 2. The zero-order chi connectivity index (χ0) is 72.4. The lowest BCUT2D eigenvalue weighted by Gasteiger charge is -2.21. The number of aliphatic hydroxyl groups is 1. The number of carbonyl (C=O) groups is 4. The average Bonchev–Trinajstić information content (AvgIpc) is 0.929. The molecule has 0 radical (unpaired) electrons. The SMILES string of the molecule is CC(C)CCCCCCCCCCCCCCCCCCCCC(=O)O[C@H](COC(=O)CCCCCCCCCC(C)C)COP(=O)(O)OCC(O)COP(=O)(O)OC[C@@H](COC(=O)CCCCCCCCCC(C)C)OC(=O)CCCCCCCCCCCCCCCCC(C)C. The Kier molecular flexibility index (Phi) is 66.8. The molecule has 5 atom stereocenters. The normalized spacial score (nSPS) is 14.1. The van der Waals surface area contributed by atoms with E-state index in [2.05, 4.69) is 55.4 Å². The first kappa shape index (κ1) is 96.1. The van der Waals surface area contributed by atoms with Gasteiger partial charge in [0.15, 0.2) is 12.2 Å². The molecule has 0 aromatic carbocycles. The molecule has 98 heavy (non-hydrogen) atoms. The Morgan fingerprint density at radius 2 is 0.429 bits per heavy atom. The van der Waals surface area contributed by atoms with E-state index in [1.165, 1.54) is 193 Å². The van der Waals surface area contributed by atoms with Gasteiger partial charge in [-0.1, -0.05) is 351 Å². The molecule has 0 aliphatic rings. The molecule has 582 valence electrons. The summed E-state index contributed by atoms with van der Waals surface area (Å²) in [6.45, 7) is 14.2. The Hall–Kier alpha value is -1.94. The quantitative estimate of drug-likeness (QED) is 0.0222. The van der Waals surface area contributed by atoms with E-state index in [9.17, 15) is 43.2 Å². The summed E-state index contributed by atoms with van der Waals surface area (Å²) in [6.07, 6.45) is 54.4. The molecule has 0 bridgehead atoms. The van der Waals surface area contributed by atoms with Crippen LogP contribution in [0.3, 0.4) is 0 Å². The van der Waals surface area contributed by atoms with Crippen LogP contribution in [0, 0.1) is 23.7 Å². The van der Waals surface area contributed by atoms with Gasteiger partial charge in [-0.2, -0.15) is 0 Å². The third-order valence-corrected chi connectivity index (χ3v) is 20.2. The van der Waals surface area contributed by atoms with Gasteiger partial charge in [0, 0.05) is 25.7 Å². The summed E-state index contributed by atoms with van der Waals surface area (Å²) in [4.78, 5) is 72.9. The summed E-state index contributed by atoms with van der Waals surface area (Å²) in [6, 6.07) is 0. The summed E-state index contributed by atoms with van der Waals surface area (Å²) in [5, 5.41) is 10.6. The number of unbranched alkanes of at least 4 members (excludes halogenated alkanes) is 42. The fraction of sp³-hybridized carbons (Fsp3) is 0.949. The van der Waals surface area contributed by atoms with Crippen LogP contribution < -0.4 is 0 Å². The number of hydrogen-bond acceptors (Lipinski definition) is 15. The zero-order valence-electron chi connectivity index (χ0n) is 64.4. The predicted octanol–water partition coefficient (Wildman–Crippen LogP) is 23.2. The molecule has 0 fully saturated rings. The standard InChI is InChI=1S/C79H154O17P2/c1-69(2)55-47-39-31-25-21-17-13-11-9-10-12-14-19-23-27-35-45-53-61-78(83)95-74(65-89-76(81)59-51-43-37-29-33-41-49-57-71(5)6)67-93-97(85,86)91-63-73(80)64-92-98(87,88)94-68-75(66-90-77(82)60-52-44-38-30-34-42-50-58-72(7)8)96-79(84)62-54-46-36-28-24-20-16-15-18-22-26-32-40-48-56-70(3)4/h69-75,80H,9-68H2,1-8H3,(H,85,86)(H,87,88)/t73?,74-,75-/m1/s1. The first-order valence-corrected chi connectivity index (χ1v) is 43.7. The summed E-state index contributed by atoms with van der Waals surface area (Å²) in [5.41, 5.74) is 0. The number of aliphatic hydroxyl groups excluding tert-OH is 1. The van der Waals surface area contributed by atoms with E-state index in [-0.39, 0.29) is 25.7 Å². The van der Waals surface area contributed by atoms with Crippen molar-refractivity contribution in [3.63, 3.8) is 0 Å². The number of rotatable bonds is 76. The van der Waals surface area contributed by atoms with Crippen molar-refractivity contribution in [1.82, 2.24) is 0 Å². The zero-order valence-corrected chi connectivity index (χ0v) is 66.2. The minimum Gasteiger partial charge on any atom is -0.462 e. The van der Waals surface area contributed by atoms with Crippen molar-refractivity contribution in [3.8, 4) is 0 Å². The van der Waals surface area contributed by atoms with Crippen LogP contribution in [0.4, 0.5) is 0 Å². The first-order chi connectivity index (χ1) is 47.1. The fourth-order valence-corrected chi connectivity index (χ4v) is 13.7. The maximum Gasteiger partial charge on any atom is 0.472 e. The summed E-state index contributed by atoms with van der Waals surface area (Å²) in [7, 11) is -9.92. The largest absolute Gasteiger partial charge is 0.472 e. The van der Waals surface area contributed by atoms with Gasteiger partial charge in [0.2, 0.25) is 0 Å². The lowest BCUT2D eigenvalue weighted by atomic mass is 10.0. The third-order valence-electron chi connectivity index (χ3n) is 18.3. The minimum absolute atomic E-state index is 0.106. The van der Waals surface area contributed by atoms with Crippen molar-refractivity contribution < 1.29 is 80.2 Å². The number of carbonyl (C=O) groups excluding carboxylic acids is 4. The minimum atomic E-state index is -4.96. The molecule has 0 aliphatic heterocycles. The van der Waals surface area contributed by atoms with Gasteiger partial charge in [-0.15, -0.1) is 0 Å². The highest BCUT2D eigenvalue weighted by molar-refractivity contribution is 7.47. The van der Waals surface area contributed by atoms with Gasteiger partial charge in [-0.05, 0) is 49.4 Å². The van der Waals surface area contributed by atoms with Gasteiger partial charge in [0.1, 0.15) is 19.3 Å². The Labute approximate surface area is 600 Å². The number of esters is 4. The highest BCUT2D eigenvalue weighted by atomic mass is 31.2. The molecule has 0 aromatic rings. The van der Waals surface area contributed by atoms with Crippen LogP contribution in [0.2, 0.25) is 0 Å². The molecule has 19 heteroatoms. The summed E-state index contributed by atoms with van der Waals surface area (Å²) in [5.74, 6) is 0.906. The van der Waals surface area contributed by atoms with E-state index in [1.807, 2.05) is 0 Å². The number of hydrogen-bond donors (Lipinski definition) is 3. The maximum absolute atomic E-state index is 13.1. The van der Waals surface area contributed by atoms with Crippen LogP contribution in [0.15, 0.2) is 0 Å². The maximum atomic E-state index is 13.1. The second-order valence-electron chi connectivity index (χ2n) is 30.4. The molecule has 0 amide bonds.